The van der Waals surface area contributed by atoms with Crippen LogP contribution in [0.15, 0.2) is 60.0 Å². The largest absolute Gasteiger partial charge is 0.346 e. The van der Waals surface area contributed by atoms with Gasteiger partial charge in [0.25, 0.3) is 5.56 Å². The molecule has 33 heavy (non-hydrogen) atoms. The Morgan fingerprint density at radius 2 is 2.06 bits per heavy atom. The average Bonchev–Trinajstić information content (AvgIpc) is 3.56. The van der Waals surface area contributed by atoms with Crippen molar-refractivity contribution in [1.29, 1.82) is 0 Å². The van der Waals surface area contributed by atoms with E-state index in [1.807, 2.05) is 30.5 Å². The average molecular weight is 481 g/mol. The molecule has 1 aliphatic heterocycles. The molecule has 1 aliphatic rings. The van der Waals surface area contributed by atoms with Gasteiger partial charge in [-0.3, -0.25) is 14.3 Å². The highest BCUT2D eigenvalue weighted by molar-refractivity contribution is 7.59. The van der Waals surface area contributed by atoms with Crippen molar-refractivity contribution in [2.45, 2.75) is 25.4 Å². The maximum Gasteiger partial charge on any atom is 0.279 e. The second-order valence-electron chi connectivity index (χ2n) is 7.82. The molecule has 9 nitrogen and oxygen atoms in total. The van der Waals surface area contributed by atoms with Crippen LogP contribution in [0.3, 0.4) is 0 Å². The van der Waals surface area contributed by atoms with Gasteiger partial charge in [-0.15, -0.1) is 0 Å². The number of halogens is 1. The molecule has 1 fully saturated rings. The van der Waals surface area contributed by atoms with Gasteiger partial charge >= 0.3 is 0 Å². The van der Waals surface area contributed by atoms with Gasteiger partial charge in [0.1, 0.15) is 23.3 Å². The van der Waals surface area contributed by atoms with Gasteiger partial charge in [-0.05, 0) is 37.1 Å². The highest BCUT2D eigenvalue weighted by Crippen LogP contribution is 2.37. The minimum absolute atomic E-state index is 0. The second kappa shape index (κ2) is 8.53. The number of aromatic nitrogens is 7. The summed E-state index contributed by atoms with van der Waals surface area (Å²) in [4.78, 5) is 32.2. The summed E-state index contributed by atoms with van der Waals surface area (Å²) in [5.41, 5.74) is 1.75. The number of H-pyrrole nitrogens is 1. The van der Waals surface area contributed by atoms with Gasteiger partial charge in [-0.25, -0.2) is 14.5 Å². The van der Waals surface area contributed by atoms with Crippen LogP contribution in [-0.4, -0.2) is 40.7 Å². The molecule has 0 unspecified atom stereocenters. The molecule has 6 rings (SSSR count). The maximum atomic E-state index is 13.5. The number of hydrogen-bond acceptors (Lipinski definition) is 6. The van der Waals surface area contributed by atoms with Crippen molar-refractivity contribution in [1.82, 2.24) is 34.1 Å². The van der Waals surface area contributed by atoms with E-state index in [2.05, 4.69) is 24.8 Å². The molecule has 168 valence electrons. The molecular weight excluding hydrogens is 460 g/mol. The smallest absolute Gasteiger partial charge is 0.279 e. The summed E-state index contributed by atoms with van der Waals surface area (Å²) in [7, 11) is 0. The molecule has 5 aromatic heterocycles. The minimum Gasteiger partial charge on any atom is -0.346 e. The predicted octanol–water partition coefficient (Wildman–Crippen LogP) is 3.32. The van der Waals surface area contributed by atoms with Crippen LogP contribution >= 0.6 is 25.1 Å². The summed E-state index contributed by atoms with van der Waals surface area (Å²) >= 11 is 6.32. The molecule has 1 atom stereocenters. The van der Waals surface area contributed by atoms with E-state index < -0.39 is 0 Å². The molecule has 0 radical (unpaired) electrons. The van der Waals surface area contributed by atoms with Crippen molar-refractivity contribution in [3.8, 4) is 0 Å². The monoisotopic (exact) mass is 480 g/mol. The number of anilines is 1. The highest BCUT2D eigenvalue weighted by atomic mass is 35.5. The zero-order valence-electron chi connectivity index (χ0n) is 17.5. The predicted molar refractivity (Wildman–Crippen MR) is 131 cm³/mol. The SMILES string of the molecule is O=c1c2c(Cl)ccn2nc([C@@H]2CCCN2c2ncnc3[nH]ccc23)n1Cc1ccccn1.S. The number of pyridine rings is 1. The van der Waals surface area contributed by atoms with Gasteiger partial charge in [0.2, 0.25) is 0 Å². The number of rotatable bonds is 4. The molecule has 0 amide bonds. The van der Waals surface area contributed by atoms with Crippen molar-refractivity contribution in [3.05, 3.63) is 82.1 Å². The molecule has 1 saturated heterocycles. The van der Waals surface area contributed by atoms with Gasteiger partial charge in [-0.2, -0.15) is 18.6 Å². The lowest BCUT2D eigenvalue weighted by Gasteiger charge is -2.27. The van der Waals surface area contributed by atoms with Crippen LogP contribution in [0.5, 0.6) is 0 Å². The van der Waals surface area contributed by atoms with E-state index in [9.17, 15) is 4.79 Å². The number of fused-ring (bicyclic) bond motifs is 2. The third-order valence-corrected chi connectivity index (χ3v) is 6.26. The molecule has 0 spiro atoms. The van der Waals surface area contributed by atoms with E-state index >= 15 is 0 Å². The Bertz CT molecular complexity index is 1500. The molecule has 0 saturated carbocycles. The Morgan fingerprint density at radius 3 is 2.91 bits per heavy atom. The molecule has 1 N–H and O–H groups in total. The summed E-state index contributed by atoms with van der Waals surface area (Å²) in [6, 6.07) is 9.22. The number of nitrogens with one attached hydrogen (secondary N) is 1. The first-order chi connectivity index (χ1) is 15.7. The van der Waals surface area contributed by atoms with Crippen molar-refractivity contribution in [2.24, 2.45) is 0 Å². The molecule has 11 heteroatoms. The third-order valence-electron chi connectivity index (χ3n) is 5.95. The fraction of sp³-hybridized carbons (Fsp3) is 0.227. The lowest BCUT2D eigenvalue weighted by Crippen LogP contribution is -2.34. The standard InChI is InChI=1S/C22H19ClN8O.H2S/c23-16-7-11-31-18(16)22(32)30(12-14-4-1-2-8-24-14)21(28-31)17-5-3-10-29(17)20-15-6-9-25-19(15)26-13-27-20;/h1-2,4,6-9,11,13,17H,3,5,10,12H2,(H,25,26,27);1H2/t17-;/m0./s1. The van der Waals surface area contributed by atoms with E-state index in [-0.39, 0.29) is 25.1 Å². The Labute approximate surface area is 200 Å². The van der Waals surface area contributed by atoms with Crippen LogP contribution in [-0.2, 0) is 6.54 Å². The fourth-order valence-corrected chi connectivity index (χ4v) is 4.73. The zero-order chi connectivity index (χ0) is 21.7. The van der Waals surface area contributed by atoms with Crippen LogP contribution in [0, 0.1) is 0 Å². The lowest BCUT2D eigenvalue weighted by molar-refractivity contribution is 0.551. The molecule has 0 bridgehead atoms. The van der Waals surface area contributed by atoms with Gasteiger partial charge in [-0.1, -0.05) is 17.7 Å². The molecular formula is C22H21ClN8OS. The van der Waals surface area contributed by atoms with Gasteiger partial charge in [0.15, 0.2) is 5.82 Å². The minimum atomic E-state index is -0.183. The van der Waals surface area contributed by atoms with Crippen molar-refractivity contribution in [2.75, 3.05) is 11.4 Å². The van der Waals surface area contributed by atoms with E-state index in [1.54, 1.807) is 33.9 Å². The topological polar surface area (TPSA) is 97.0 Å². The van der Waals surface area contributed by atoms with Crippen LogP contribution in [0.2, 0.25) is 5.02 Å². The van der Waals surface area contributed by atoms with Crippen molar-refractivity contribution in [3.63, 3.8) is 0 Å². The Balaban J connectivity index is 0.00000228. The quantitative estimate of drug-likeness (QED) is 0.424. The summed E-state index contributed by atoms with van der Waals surface area (Å²) in [5, 5.41) is 6.19. The summed E-state index contributed by atoms with van der Waals surface area (Å²) < 4.78 is 3.28. The third kappa shape index (κ3) is 3.55. The molecule has 0 aliphatic carbocycles. The van der Waals surface area contributed by atoms with Crippen LogP contribution in [0.4, 0.5) is 5.82 Å². The first kappa shape index (κ1) is 21.5. The molecule has 6 heterocycles. The van der Waals surface area contributed by atoms with Crippen LogP contribution in [0.1, 0.15) is 30.4 Å². The number of aromatic amines is 1. The summed E-state index contributed by atoms with van der Waals surface area (Å²) in [6.07, 6.45) is 8.68. The summed E-state index contributed by atoms with van der Waals surface area (Å²) in [6.45, 7) is 1.12. The van der Waals surface area contributed by atoms with E-state index in [0.717, 1.165) is 41.9 Å². The maximum absolute atomic E-state index is 13.5. The molecule has 0 aromatic carbocycles. The first-order valence-electron chi connectivity index (χ1n) is 10.4. The van der Waals surface area contributed by atoms with Crippen molar-refractivity contribution >= 4 is 47.5 Å². The first-order valence-corrected chi connectivity index (χ1v) is 10.8. The van der Waals surface area contributed by atoms with Crippen LogP contribution < -0.4 is 10.5 Å². The van der Waals surface area contributed by atoms with Crippen molar-refractivity contribution < 1.29 is 0 Å². The van der Waals surface area contributed by atoms with Gasteiger partial charge < -0.3 is 9.88 Å². The van der Waals surface area contributed by atoms with Gasteiger partial charge in [0, 0.05) is 25.1 Å². The van der Waals surface area contributed by atoms with Crippen LogP contribution in [0.25, 0.3) is 16.6 Å². The Kier molecular flexibility index (Phi) is 5.55. The van der Waals surface area contributed by atoms with E-state index in [1.165, 1.54) is 0 Å². The Morgan fingerprint density at radius 1 is 1.15 bits per heavy atom. The number of hydrogen-bond donors (Lipinski definition) is 1. The van der Waals surface area contributed by atoms with E-state index in [4.69, 9.17) is 16.7 Å². The fourth-order valence-electron chi connectivity index (χ4n) is 4.51. The second-order valence-corrected chi connectivity index (χ2v) is 8.22. The highest BCUT2D eigenvalue weighted by Gasteiger charge is 2.33. The Hall–Kier alpha value is -3.37. The normalized spacial score (nSPS) is 15.9. The lowest BCUT2D eigenvalue weighted by atomic mass is 10.2. The molecule has 5 aromatic rings. The summed E-state index contributed by atoms with van der Waals surface area (Å²) in [5.74, 6) is 1.50. The zero-order valence-corrected chi connectivity index (χ0v) is 19.3. The van der Waals surface area contributed by atoms with E-state index in [0.29, 0.717) is 22.9 Å². The number of nitrogens with zero attached hydrogens (tertiary/aromatic N) is 7. The van der Waals surface area contributed by atoms with Gasteiger partial charge in [0.05, 0.1) is 28.7 Å².